The first-order valence-corrected chi connectivity index (χ1v) is 16.4. The van der Waals surface area contributed by atoms with E-state index >= 15 is 0 Å². The molecule has 220 valence electrons. The second-order valence-electron chi connectivity index (χ2n) is 13.7. The van der Waals surface area contributed by atoms with Crippen molar-refractivity contribution in [3.63, 3.8) is 0 Å². The number of benzene rings is 8. The molecule has 0 unspecified atom stereocenters. The number of hydrogen-bond acceptors (Lipinski definition) is 1. The lowest BCUT2D eigenvalue weighted by Crippen LogP contribution is -2.14. The summed E-state index contributed by atoms with van der Waals surface area (Å²) < 4.78 is 9.64. The van der Waals surface area contributed by atoms with Crippen molar-refractivity contribution in [2.45, 2.75) is 19.3 Å². The highest BCUT2D eigenvalue weighted by Gasteiger charge is 2.36. The standard InChI is InChI=1S/C45H29NO/c1-45(2)36-18-10-8-16-30(36)34-24-35-31-17-9-11-19-38(31)46(40(35)25-37(34)45)39-23-22-33-29-15-7-6-14-28(29)32-21-20-27(26-12-4-3-5-13-26)43-41(32)42(33)44(39)47-43/h3-25H,1-2H3. The van der Waals surface area contributed by atoms with Crippen LogP contribution in [0.5, 0.6) is 0 Å². The van der Waals surface area contributed by atoms with Crippen LogP contribution in [0.15, 0.2) is 144 Å². The molecule has 2 nitrogen and oxygen atoms in total. The zero-order chi connectivity index (χ0) is 31.0. The summed E-state index contributed by atoms with van der Waals surface area (Å²) in [5.74, 6) is 0. The molecule has 0 radical (unpaired) electrons. The molecule has 0 bridgehead atoms. The van der Waals surface area contributed by atoms with E-state index in [0.29, 0.717) is 0 Å². The monoisotopic (exact) mass is 599 g/mol. The molecule has 0 atom stereocenters. The molecule has 0 saturated heterocycles. The van der Waals surface area contributed by atoms with Gasteiger partial charge in [-0.3, -0.25) is 0 Å². The van der Waals surface area contributed by atoms with Gasteiger partial charge in [0, 0.05) is 32.5 Å². The van der Waals surface area contributed by atoms with Crippen LogP contribution < -0.4 is 0 Å². The van der Waals surface area contributed by atoms with Gasteiger partial charge >= 0.3 is 0 Å². The van der Waals surface area contributed by atoms with E-state index in [1.165, 1.54) is 76.4 Å². The van der Waals surface area contributed by atoms with E-state index < -0.39 is 0 Å². The third kappa shape index (κ3) is 3.10. The molecule has 1 aliphatic rings. The Labute approximate surface area is 271 Å². The minimum Gasteiger partial charge on any atom is -0.453 e. The van der Waals surface area contributed by atoms with Crippen LogP contribution in [0.1, 0.15) is 25.0 Å². The van der Waals surface area contributed by atoms with E-state index in [1.807, 2.05) is 0 Å². The number of hydrogen-bond donors (Lipinski definition) is 0. The molecular weight excluding hydrogens is 571 g/mol. The van der Waals surface area contributed by atoms with E-state index in [1.54, 1.807) is 0 Å². The molecular formula is C45H29NO. The van der Waals surface area contributed by atoms with Crippen molar-refractivity contribution in [2.75, 3.05) is 0 Å². The number of aromatic nitrogens is 1. The van der Waals surface area contributed by atoms with Gasteiger partial charge in [-0.2, -0.15) is 0 Å². The number of rotatable bonds is 2. The van der Waals surface area contributed by atoms with Crippen LogP contribution in [-0.4, -0.2) is 4.57 Å². The number of nitrogens with zero attached hydrogens (tertiary/aromatic N) is 1. The van der Waals surface area contributed by atoms with Crippen LogP contribution in [0.25, 0.3) is 93.2 Å². The van der Waals surface area contributed by atoms with Crippen LogP contribution in [0.3, 0.4) is 0 Å². The van der Waals surface area contributed by atoms with Crippen LogP contribution in [0, 0.1) is 0 Å². The highest BCUT2D eigenvalue weighted by molar-refractivity contribution is 6.35. The van der Waals surface area contributed by atoms with Crippen molar-refractivity contribution in [3.05, 3.63) is 151 Å². The molecule has 0 N–H and O–H groups in total. The predicted octanol–water partition coefficient (Wildman–Crippen LogP) is 12.4. The second-order valence-corrected chi connectivity index (χ2v) is 13.7. The normalized spacial score (nSPS) is 13.9. The molecule has 1 aliphatic carbocycles. The molecule has 0 spiro atoms. The molecule has 47 heavy (non-hydrogen) atoms. The van der Waals surface area contributed by atoms with Gasteiger partial charge in [0.25, 0.3) is 0 Å². The smallest absolute Gasteiger partial charge is 0.160 e. The Morgan fingerprint density at radius 2 is 1.11 bits per heavy atom. The zero-order valence-corrected chi connectivity index (χ0v) is 26.1. The summed E-state index contributed by atoms with van der Waals surface area (Å²) in [6.07, 6.45) is 0. The van der Waals surface area contributed by atoms with Crippen molar-refractivity contribution >= 4 is 65.3 Å². The number of fused-ring (bicyclic) bond motifs is 9. The quantitative estimate of drug-likeness (QED) is 0.181. The van der Waals surface area contributed by atoms with Gasteiger partial charge in [0.1, 0.15) is 5.58 Å². The second kappa shape index (κ2) is 8.69. The van der Waals surface area contributed by atoms with E-state index in [-0.39, 0.29) is 5.41 Å². The first-order chi connectivity index (χ1) is 23.1. The fourth-order valence-corrected chi connectivity index (χ4v) is 8.81. The summed E-state index contributed by atoms with van der Waals surface area (Å²) in [6.45, 7) is 4.72. The average molecular weight is 600 g/mol. The van der Waals surface area contributed by atoms with Gasteiger partial charge in [-0.1, -0.05) is 123 Å². The van der Waals surface area contributed by atoms with Crippen molar-refractivity contribution in [1.29, 1.82) is 0 Å². The molecule has 0 fully saturated rings. The van der Waals surface area contributed by atoms with Gasteiger partial charge in [0.05, 0.1) is 16.7 Å². The maximum Gasteiger partial charge on any atom is 0.160 e. The van der Waals surface area contributed by atoms with E-state index in [4.69, 9.17) is 4.42 Å². The zero-order valence-electron chi connectivity index (χ0n) is 26.1. The van der Waals surface area contributed by atoms with Gasteiger partial charge in [0.2, 0.25) is 0 Å². The number of furan rings is 1. The maximum absolute atomic E-state index is 7.19. The molecule has 0 saturated carbocycles. The minimum atomic E-state index is -0.0933. The Balaban J connectivity index is 1.31. The van der Waals surface area contributed by atoms with Crippen molar-refractivity contribution in [2.24, 2.45) is 0 Å². The van der Waals surface area contributed by atoms with Crippen LogP contribution >= 0.6 is 0 Å². The van der Waals surface area contributed by atoms with E-state index in [0.717, 1.165) is 28.0 Å². The highest BCUT2D eigenvalue weighted by atomic mass is 16.3. The average Bonchev–Trinajstić information content (AvgIpc) is 3.74. The van der Waals surface area contributed by atoms with Gasteiger partial charge < -0.3 is 8.98 Å². The first-order valence-electron chi connectivity index (χ1n) is 16.4. The van der Waals surface area contributed by atoms with Crippen molar-refractivity contribution < 1.29 is 4.42 Å². The van der Waals surface area contributed by atoms with Crippen molar-refractivity contribution in [3.8, 4) is 27.9 Å². The van der Waals surface area contributed by atoms with Gasteiger partial charge in [0.15, 0.2) is 5.58 Å². The summed E-state index contributed by atoms with van der Waals surface area (Å²) in [7, 11) is 0. The van der Waals surface area contributed by atoms with E-state index in [2.05, 4.69) is 158 Å². The number of para-hydroxylation sites is 1. The first kappa shape index (κ1) is 25.3. The van der Waals surface area contributed by atoms with E-state index in [9.17, 15) is 0 Å². The molecule has 2 heterocycles. The fourth-order valence-electron chi connectivity index (χ4n) is 8.81. The summed E-state index contributed by atoms with van der Waals surface area (Å²) >= 11 is 0. The van der Waals surface area contributed by atoms with Crippen LogP contribution in [-0.2, 0) is 5.41 Å². The van der Waals surface area contributed by atoms with Gasteiger partial charge in [-0.25, -0.2) is 0 Å². The lowest BCUT2D eigenvalue weighted by Gasteiger charge is -2.21. The van der Waals surface area contributed by atoms with Crippen LogP contribution in [0.4, 0.5) is 0 Å². The van der Waals surface area contributed by atoms with Crippen molar-refractivity contribution in [1.82, 2.24) is 4.57 Å². The third-order valence-corrected chi connectivity index (χ3v) is 11.0. The lowest BCUT2D eigenvalue weighted by atomic mass is 9.82. The largest absolute Gasteiger partial charge is 0.453 e. The summed E-state index contributed by atoms with van der Waals surface area (Å²) in [5.41, 5.74) is 13.0. The Morgan fingerprint density at radius 1 is 0.447 bits per heavy atom. The van der Waals surface area contributed by atoms with Gasteiger partial charge in [-0.05, 0) is 79.7 Å². The Kier molecular flexibility index (Phi) is 4.68. The summed E-state index contributed by atoms with van der Waals surface area (Å²) in [5, 5.41) is 9.90. The Bertz CT molecular complexity index is 2920. The molecule has 11 rings (SSSR count). The minimum absolute atomic E-state index is 0.0933. The maximum atomic E-state index is 7.19. The van der Waals surface area contributed by atoms with Crippen LogP contribution in [0.2, 0.25) is 0 Å². The summed E-state index contributed by atoms with van der Waals surface area (Å²) in [4.78, 5) is 0. The van der Waals surface area contributed by atoms with Gasteiger partial charge in [-0.15, -0.1) is 0 Å². The molecule has 0 amide bonds. The fraction of sp³-hybridized carbons (Fsp3) is 0.0667. The third-order valence-electron chi connectivity index (χ3n) is 11.0. The molecule has 2 heteroatoms. The molecule has 2 aromatic heterocycles. The topological polar surface area (TPSA) is 18.1 Å². The Morgan fingerprint density at radius 3 is 1.91 bits per heavy atom. The molecule has 0 aliphatic heterocycles. The summed E-state index contributed by atoms with van der Waals surface area (Å²) in [6, 6.07) is 51.2. The molecule has 8 aromatic carbocycles. The highest BCUT2D eigenvalue weighted by Crippen LogP contribution is 2.52. The molecule has 10 aromatic rings. The lowest BCUT2D eigenvalue weighted by molar-refractivity contribution is 0.660. The SMILES string of the molecule is CC1(C)c2ccccc2-c2cc3c4ccccc4n(-c4ccc5c6ccccc6c6ccc(-c7ccccc7)c7oc4c5c76)c3cc21. The predicted molar refractivity (Wildman–Crippen MR) is 197 cm³/mol. The Hall–Kier alpha value is -5.86.